The van der Waals surface area contributed by atoms with E-state index < -0.39 is 0 Å². The standard InChI is InChI=1S/C24H22ClN3O/c25-18-5-7-21-22(9-10-26-23(21)15-18)27-19-6-8-20(24-4-3-13-29-24)17(14-19)16-28-11-1-2-12-28/h3-10,13-15H,1-2,11-12,16H2,(H,26,27). The van der Waals surface area contributed by atoms with Crippen LogP contribution in [0.25, 0.3) is 22.2 Å². The maximum Gasteiger partial charge on any atom is 0.134 e. The van der Waals surface area contributed by atoms with Gasteiger partial charge in [0.15, 0.2) is 0 Å². The van der Waals surface area contributed by atoms with Gasteiger partial charge in [0, 0.05) is 40.1 Å². The Morgan fingerprint density at radius 3 is 2.76 bits per heavy atom. The number of benzene rings is 2. The van der Waals surface area contributed by atoms with Crippen molar-refractivity contribution in [2.45, 2.75) is 19.4 Å². The number of fused-ring (bicyclic) bond motifs is 1. The number of aromatic nitrogens is 1. The summed E-state index contributed by atoms with van der Waals surface area (Å²) in [7, 11) is 0. The van der Waals surface area contributed by atoms with E-state index in [1.165, 1.54) is 18.4 Å². The summed E-state index contributed by atoms with van der Waals surface area (Å²) in [6.07, 6.45) is 6.10. The van der Waals surface area contributed by atoms with Gasteiger partial charge >= 0.3 is 0 Å². The zero-order valence-electron chi connectivity index (χ0n) is 16.1. The number of rotatable bonds is 5. The van der Waals surface area contributed by atoms with Crippen molar-refractivity contribution in [2.24, 2.45) is 0 Å². The van der Waals surface area contributed by atoms with Crippen molar-refractivity contribution in [2.75, 3.05) is 18.4 Å². The lowest BCUT2D eigenvalue weighted by Crippen LogP contribution is -2.18. The molecule has 4 nitrogen and oxygen atoms in total. The monoisotopic (exact) mass is 403 g/mol. The van der Waals surface area contributed by atoms with Crippen LogP contribution in [0.4, 0.5) is 11.4 Å². The first kappa shape index (κ1) is 18.2. The van der Waals surface area contributed by atoms with Crippen LogP contribution in [-0.4, -0.2) is 23.0 Å². The lowest BCUT2D eigenvalue weighted by atomic mass is 10.0. The molecule has 1 saturated heterocycles. The van der Waals surface area contributed by atoms with Crippen molar-refractivity contribution < 1.29 is 4.42 Å². The number of anilines is 2. The molecule has 0 aliphatic carbocycles. The summed E-state index contributed by atoms with van der Waals surface area (Å²) in [6, 6.07) is 18.2. The van der Waals surface area contributed by atoms with Crippen molar-refractivity contribution >= 4 is 33.9 Å². The molecule has 29 heavy (non-hydrogen) atoms. The highest BCUT2D eigenvalue weighted by Crippen LogP contribution is 2.32. The van der Waals surface area contributed by atoms with E-state index in [2.05, 4.69) is 33.4 Å². The fourth-order valence-corrected chi connectivity index (χ4v) is 4.21. The number of nitrogens with zero attached hydrogens (tertiary/aromatic N) is 2. The molecule has 4 aromatic rings. The van der Waals surface area contributed by atoms with Crippen LogP contribution in [0.2, 0.25) is 5.02 Å². The summed E-state index contributed by atoms with van der Waals surface area (Å²) in [5.74, 6) is 0.912. The molecule has 0 unspecified atom stereocenters. The second kappa shape index (κ2) is 7.90. The molecular weight excluding hydrogens is 382 g/mol. The minimum atomic E-state index is 0.692. The van der Waals surface area contributed by atoms with Gasteiger partial charge in [-0.3, -0.25) is 9.88 Å². The van der Waals surface area contributed by atoms with E-state index in [0.717, 1.165) is 53.2 Å². The van der Waals surface area contributed by atoms with Gasteiger partial charge < -0.3 is 9.73 Å². The number of nitrogens with one attached hydrogen (secondary N) is 1. The molecule has 0 amide bonds. The molecule has 2 aromatic carbocycles. The third-order valence-electron chi connectivity index (χ3n) is 5.47. The Labute approximate surface area is 175 Å². The summed E-state index contributed by atoms with van der Waals surface area (Å²) in [4.78, 5) is 6.94. The normalized spacial score (nSPS) is 14.5. The number of pyridine rings is 1. The van der Waals surface area contributed by atoms with Crippen molar-refractivity contribution in [1.29, 1.82) is 0 Å². The molecule has 0 spiro atoms. The highest BCUT2D eigenvalue weighted by Gasteiger charge is 2.16. The third-order valence-corrected chi connectivity index (χ3v) is 5.70. The number of furan rings is 1. The summed E-state index contributed by atoms with van der Waals surface area (Å²) >= 11 is 6.13. The minimum Gasteiger partial charge on any atom is -0.464 e. The quantitative estimate of drug-likeness (QED) is 0.413. The lowest BCUT2D eigenvalue weighted by Gasteiger charge is -2.18. The summed E-state index contributed by atoms with van der Waals surface area (Å²) < 4.78 is 5.69. The molecule has 5 heteroatoms. The molecule has 146 valence electrons. The number of hydrogen-bond donors (Lipinski definition) is 1. The highest BCUT2D eigenvalue weighted by atomic mass is 35.5. The molecule has 5 rings (SSSR count). The van der Waals surface area contributed by atoms with Gasteiger partial charge in [-0.15, -0.1) is 0 Å². The van der Waals surface area contributed by atoms with Crippen LogP contribution < -0.4 is 5.32 Å². The fraction of sp³-hybridized carbons (Fsp3) is 0.208. The van der Waals surface area contributed by atoms with Crippen LogP contribution in [0.5, 0.6) is 0 Å². The van der Waals surface area contributed by atoms with Gasteiger partial charge in [-0.2, -0.15) is 0 Å². The van der Waals surface area contributed by atoms with Gasteiger partial charge in [-0.1, -0.05) is 11.6 Å². The van der Waals surface area contributed by atoms with Gasteiger partial charge in [0.05, 0.1) is 11.8 Å². The van der Waals surface area contributed by atoms with E-state index in [1.54, 1.807) is 6.26 Å². The molecular formula is C24H22ClN3O. The highest BCUT2D eigenvalue weighted by molar-refractivity contribution is 6.31. The molecule has 1 aliphatic rings. The minimum absolute atomic E-state index is 0.692. The number of likely N-dealkylation sites (tertiary alicyclic amines) is 1. The Balaban J connectivity index is 1.51. The van der Waals surface area contributed by atoms with Crippen LogP contribution >= 0.6 is 11.6 Å². The summed E-state index contributed by atoms with van der Waals surface area (Å²) in [5.41, 5.74) is 5.38. The number of halogens is 1. The van der Waals surface area contributed by atoms with Gasteiger partial charge in [0.25, 0.3) is 0 Å². The van der Waals surface area contributed by atoms with Crippen LogP contribution in [0, 0.1) is 0 Å². The van der Waals surface area contributed by atoms with Gasteiger partial charge in [0.2, 0.25) is 0 Å². The Morgan fingerprint density at radius 1 is 1.03 bits per heavy atom. The molecule has 0 radical (unpaired) electrons. The Kier molecular flexibility index (Phi) is 4.96. The first-order valence-corrected chi connectivity index (χ1v) is 10.3. The van der Waals surface area contributed by atoms with Crippen LogP contribution in [0.1, 0.15) is 18.4 Å². The second-order valence-electron chi connectivity index (χ2n) is 7.48. The molecule has 1 aliphatic heterocycles. The molecule has 1 N–H and O–H groups in total. The lowest BCUT2D eigenvalue weighted by molar-refractivity contribution is 0.331. The smallest absolute Gasteiger partial charge is 0.134 e. The molecule has 3 heterocycles. The summed E-state index contributed by atoms with van der Waals surface area (Å²) in [5, 5.41) is 5.31. The van der Waals surface area contributed by atoms with Gasteiger partial charge in [0.1, 0.15) is 5.76 Å². The van der Waals surface area contributed by atoms with E-state index >= 15 is 0 Å². The molecule has 1 fully saturated rings. The SMILES string of the molecule is Clc1ccc2c(Nc3ccc(-c4ccco4)c(CN4CCCC4)c3)ccnc2c1. The van der Waals surface area contributed by atoms with Crippen molar-refractivity contribution in [3.8, 4) is 11.3 Å². The fourth-order valence-electron chi connectivity index (χ4n) is 4.04. The Hall–Kier alpha value is -2.82. The van der Waals surface area contributed by atoms with Gasteiger partial charge in [-0.05, 0) is 86.1 Å². The maximum absolute atomic E-state index is 6.13. The first-order valence-electron chi connectivity index (χ1n) is 9.97. The molecule has 0 bridgehead atoms. The predicted molar refractivity (Wildman–Crippen MR) is 119 cm³/mol. The maximum atomic E-state index is 6.13. The van der Waals surface area contributed by atoms with Crippen LogP contribution in [-0.2, 0) is 6.54 Å². The van der Waals surface area contributed by atoms with Crippen molar-refractivity contribution in [3.05, 3.63) is 77.6 Å². The number of hydrogen-bond acceptors (Lipinski definition) is 4. The van der Waals surface area contributed by atoms with Crippen LogP contribution in [0.3, 0.4) is 0 Å². The molecule has 0 atom stereocenters. The van der Waals surface area contributed by atoms with Crippen molar-refractivity contribution in [1.82, 2.24) is 9.88 Å². The Morgan fingerprint density at radius 2 is 1.93 bits per heavy atom. The second-order valence-corrected chi connectivity index (χ2v) is 7.91. The average molecular weight is 404 g/mol. The largest absolute Gasteiger partial charge is 0.464 e. The van der Waals surface area contributed by atoms with Crippen LogP contribution in [0.15, 0.2) is 71.5 Å². The van der Waals surface area contributed by atoms with E-state index in [9.17, 15) is 0 Å². The van der Waals surface area contributed by atoms with E-state index in [4.69, 9.17) is 16.0 Å². The summed E-state index contributed by atoms with van der Waals surface area (Å²) in [6.45, 7) is 3.24. The topological polar surface area (TPSA) is 41.3 Å². The Bertz CT molecular complexity index is 1130. The molecule has 2 aromatic heterocycles. The third kappa shape index (κ3) is 3.86. The first-order chi connectivity index (χ1) is 14.3. The molecule has 0 saturated carbocycles. The zero-order valence-corrected chi connectivity index (χ0v) is 16.8. The average Bonchev–Trinajstić information content (AvgIpc) is 3.42. The van der Waals surface area contributed by atoms with E-state index in [1.807, 2.05) is 42.6 Å². The predicted octanol–water partition coefficient (Wildman–Crippen LogP) is 6.49. The van der Waals surface area contributed by atoms with E-state index in [-0.39, 0.29) is 0 Å². The van der Waals surface area contributed by atoms with Crippen molar-refractivity contribution in [3.63, 3.8) is 0 Å². The van der Waals surface area contributed by atoms with E-state index in [0.29, 0.717) is 5.02 Å². The zero-order chi connectivity index (χ0) is 19.6. The van der Waals surface area contributed by atoms with Gasteiger partial charge in [-0.25, -0.2) is 0 Å².